The van der Waals surface area contributed by atoms with Gasteiger partial charge < -0.3 is 24.8 Å². The summed E-state index contributed by atoms with van der Waals surface area (Å²) in [4.78, 5) is 28.5. The van der Waals surface area contributed by atoms with Crippen molar-refractivity contribution in [2.75, 3.05) is 26.1 Å². The number of ether oxygens (including phenoxy) is 3. The molecule has 4 aromatic rings. The van der Waals surface area contributed by atoms with Crippen molar-refractivity contribution in [3.63, 3.8) is 0 Å². The number of pyridine rings is 1. The van der Waals surface area contributed by atoms with Crippen LogP contribution >= 0.6 is 0 Å². The van der Waals surface area contributed by atoms with E-state index in [1.807, 2.05) is 0 Å². The topological polar surface area (TPSA) is 98.8 Å². The smallest absolute Gasteiger partial charge is 0.251 e. The second-order valence-corrected chi connectivity index (χ2v) is 7.38. The van der Waals surface area contributed by atoms with Gasteiger partial charge in [0.05, 0.1) is 26.3 Å². The molecule has 0 aliphatic rings. The normalized spacial score (nSPS) is 10.5. The molecule has 1 aromatic heterocycles. The van der Waals surface area contributed by atoms with E-state index >= 15 is 0 Å². The number of carbonyl (C=O) groups is 2. The van der Waals surface area contributed by atoms with E-state index in [2.05, 4.69) is 15.6 Å². The second kappa shape index (κ2) is 10.5. The summed E-state index contributed by atoms with van der Waals surface area (Å²) < 4.78 is 31.2. The number of anilines is 1. The lowest BCUT2D eigenvalue weighted by Crippen LogP contribution is -2.32. The third-order valence-electron chi connectivity index (χ3n) is 5.09. The largest absolute Gasteiger partial charge is 0.493 e. The number of nitrogens with one attached hydrogen (secondary N) is 2. The van der Waals surface area contributed by atoms with Gasteiger partial charge in [0, 0.05) is 35.0 Å². The zero-order valence-electron chi connectivity index (χ0n) is 19.0. The van der Waals surface area contributed by atoms with Gasteiger partial charge in [0.15, 0.2) is 23.1 Å². The van der Waals surface area contributed by atoms with E-state index in [1.54, 1.807) is 54.7 Å². The predicted octanol–water partition coefficient (Wildman–Crippen LogP) is 4.55. The van der Waals surface area contributed by atoms with Gasteiger partial charge in [0.25, 0.3) is 5.91 Å². The highest BCUT2D eigenvalue weighted by atomic mass is 19.1. The average molecular weight is 475 g/mol. The van der Waals surface area contributed by atoms with Crippen LogP contribution in [0.3, 0.4) is 0 Å². The maximum absolute atomic E-state index is 14.8. The van der Waals surface area contributed by atoms with Gasteiger partial charge in [-0.25, -0.2) is 4.39 Å². The molecule has 9 heteroatoms. The van der Waals surface area contributed by atoms with Crippen molar-refractivity contribution < 1.29 is 28.2 Å². The Hall–Kier alpha value is -4.66. The Morgan fingerprint density at radius 2 is 1.63 bits per heavy atom. The monoisotopic (exact) mass is 475 g/mol. The summed E-state index contributed by atoms with van der Waals surface area (Å²) in [5, 5.41) is 5.67. The number of benzene rings is 3. The number of nitrogens with zero attached hydrogens (tertiary/aromatic N) is 1. The number of amides is 2. The standard InChI is InChI=1S/C26H22FN3O5/c1-33-23-13-18-20(14-24(23)34-2)28-11-10-21(18)35-22-9-8-17(12-19(22)27)30-25(31)15-29-26(32)16-6-4-3-5-7-16/h3-14H,15H2,1-2H3,(H,29,32)(H,30,31). The third-order valence-corrected chi connectivity index (χ3v) is 5.09. The minimum atomic E-state index is -0.679. The second-order valence-electron chi connectivity index (χ2n) is 7.38. The first-order valence-electron chi connectivity index (χ1n) is 10.6. The van der Waals surface area contributed by atoms with Crippen LogP contribution in [0.1, 0.15) is 10.4 Å². The SMILES string of the molecule is COc1cc2nccc(Oc3ccc(NC(=O)CNC(=O)c4ccccc4)cc3F)c2cc1OC. The highest BCUT2D eigenvalue weighted by molar-refractivity contribution is 5.99. The minimum Gasteiger partial charge on any atom is -0.493 e. The van der Waals surface area contributed by atoms with Crippen molar-refractivity contribution in [2.24, 2.45) is 0 Å². The molecule has 3 aromatic carbocycles. The number of fused-ring (bicyclic) bond motifs is 1. The van der Waals surface area contributed by atoms with Crippen molar-refractivity contribution in [3.8, 4) is 23.0 Å². The summed E-state index contributed by atoms with van der Waals surface area (Å²) in [6.45, 7) is -0.262. The van der Waals surface area contributed by atoms with E-state index < -0.39 is 11.7 Å². The molecule has 0 fully saturated rings. The highest BCUT2D eigenvalue weighted by Crippen LogP contribution is 2.37. The molecule has 1 heterocycles. The molecular formula is C26H22FN3O5. The van der Waals surface area contributed by atoms with Crippen molar-refractivity contribution >= 4 is 28.4 Å². The van der Waals surface area contributed by atoms with E-state index in [4.69, 9.17) is 14.2 Å². The maximum Gasteiger partial charge on any atom is 0.251 e. The molecule has 2 amide bonds. The number of rotatable bonds is 8. The van der Waals surface area contributed by atoms with Crippen molar-refractivity contribution in [3.05, 3.63) is 84.3 Å². The maximum atomic E-state index is 14.8. The first-order valence-corrected chi connectivity index (χ1v) is 10.6. The molecule has 0 atom stereocenters. The Morgan fingerprint density at radius 3 is 2.34 bits per heavy atom. The van der Waals surface area contributed by atoms with E-state index in [0.29, 0.717) is 33.7 Å². The Bertz CT molecular complexity index is 1380. The van der Waals surface area contributed by atoms with Gasteiger partial charge in [-0.1, -0.05) is 18.2 Å². The summed E-state index contributed by atoms with van der Waals surface area (Å²) in [5.74, 6) is -0.232. The Kier molecular flexibility index (Phi) is 7.06. The molecule has 8 nitrogen and oxygen atoms in total. The predicted molar refractivity (Wildman–Crippen MR) is 129 cm³/mol. The first-order chi connectivity index (χ1) is 17.0. The van der Waals surface area contributed by atoms with Crippen LogP contribution < -0.4 is 24.8 Å². The molecule has 0 spiro atoms. The number of hydrogen-bond acceptors (Lipinski definition) is 6. The molecule has 0 bridgehead atoms. The summed E-state index contributed by atoms with van der Waals surface area (Å²) in [6.07, 6.45) is 1.54. The first kappa shape index (κ1) is 23.5. The van der Waals surface area contributed by atoms with Gasteiger partial charge in [-0.3, -0.25) is 14.6 Å². The van der Waals surface area contributed by atoms with Crippen LogP contribution in [0.5, 0.6) is 23.0 Å². The summed E-state index contributed by atoms with van der Waals surface area (Å²) >= 11 is 0. The Morgan fingerprint density at radius 1 is 0.886 bits per heavy atom. The van der Waals surface area contributed by atoms with Gasteiger partial charge in [-0.2, -0.15) is 0 Å². The quantitative estimate of drug-likeness (QED) is 0.388. The van der Waals surface area contributed by atoms with E-state index in [-0.39, 0.29) is 23.9 Å². The third kappa shape index (κ3) is 5.47. The van der Waals surface area contributed by atoms with Crippen LogP contribution in [0.15, 0.2) is 72.9 Å². The molecule has 0 aliphatic heterocycles. The van der Waals surface area contributed by atoms with Crippen molar-refractivity contribution in [1.29, 1.82) is 0 Å². The molecule has 0 aliphatic carbocycles. The Labute approximate surface area is 200 Å². The summed E-state index contributed by atoms with van der Waals surface area (Å²) in [7, 11) is 3.04. The number of aromatic nitrogens is 1. The fourth-order valence-electron chi connectivity index (χ4n) is 3.37. The molecule has 35 heavy (non-hydrogen) atoms. The highest BCUT2D eigenvalue weighted by Gasteiger charge is 2.14. The van der Waals surface area contributed by atoms with Gasteiger partial charge in [0.1, 0.15) is 5.75 Å². The molecule has 178 valence electrons. The van der Waals surface area contributed by atoms with Crippen LogP contribution in [-0.2, 0) is 4.79 Å². The number of carbonyl (C=O) groups excluding carboxylic acids is 2. The van der Waals surface area contributed by atoms with Crippen molar-refractivity contribution in [1.82, 2.24) is 10.3 Å². The molecule has 0 radical (unpaired) electrons. The van der Waals surface area contributed by atoms with Crippen LogP contribution in [0.4, 0.5) is 10.1 Å². The van der Waals surface area contributed by atoms with Crippen molar-refractivity contribution in [2.45, 2.75) is 0 Å². The zero-order chi connectivity index (χ0) is 24.8. The Balaban J connectivity index is 1.44. The molecule has 2 N–H and O–H groups in total. The molecule has 0 saturated carbocycles. The summed E-state index contributed by atoms with van der Waals surface area (Å²) in [6, 6.07) is 17.6. The van der Waals surface area contributed by atoms with Gasteiger partial charge >= 0.3 is 0 Å². The van der Waals surface area contributed by atoms with E-state index in [9.17, 15) is 14.0 Å². The molecule has 0 saturated heterocycles. The number of halogens is 1. The van der Waals surface area contributed by atoms with Crippen LogP contribution in [0.25, 0.3) is 10.9 Å². The van der Waals surface area contributed by atoms with Gasteiger partial charge in [-0.05, 0) is 36.4 Å². The van der Waals surface area contributed by atoms with E-state index in [0.717, 1.165) is 6.07 Å². The lowest BCUT2D eigenvalue weighted by atomic mass is 10.2. The number of methoxy groups -OCH3 is 2. The molecule has 0 unspecified atom stereocenters. The fraction of sp³-hybridized carbons (Fsp3) is 0.115. The van der Waals surface area contributed by atoms with Crippen LogP contribution in [0, 0.1) is 5.82 Å². The van der Waals surface area contributed by atoms with Gasteiger partial charge in [-0.15, -0.1) is 0 Å². The molecule has 4 rings (SSSR count). The molecular weight excluding hydrogens is 453 g/mol. The van der Waals surface area contributed by atoms with Crippen LogP contribution in [0.2, 0.25) is 0 Å². The lowest BCUT2D eigenvalue weighted by Gasteiger charge is -2.13. The minimum absolute atomic E-state index is 0.0392. The van der Waals surface area contributed by atoms with Crippen LogP contribution in [-0.4, -0.2) is 37.6 Å². The number of hydrogen-bond donors (Lipinski definition) is 2. The lowest BCUT2D eigenvalue weighted by molar-refractivity contribution is -0.115. The zero-order valence-corrected chi connectivity index (χ0v) is 19.0. The van der Waals surface area contributed by atoms with E-state index in [1.165, 1.54) is 26.4 Å². The summed E-state index contributed by atoms with van der Waals surface area (Å²) in [5.41, 5.74) is 1.24. The fourth-order valence-corrected chi connectivity index (χ4v) is 3.37. The average Bonchev–Trinajstić information content (AvgIpc) is 2.88. The van der Waals surface area contributed by atoms with Gasteiger partial charge in [0.2, 0.25) is 5.91 Å².